The number of benzene rings is 2. The molecule has 0 heterocycles. The van der Waals surface area contributed by atoms with Gasteiger partial charge in [-0.15, -0.1) is 0 Å². The fourth-order valence-corrected chi connectivity index (χ4v) is 2.23. The van der Waals surface area contributed by atoms with E-state index in [1.807, 2.05) is 13.0 Å². The van der Waals surface area contributed by atoms with Crippen molar-refractivity contribution < 1.29 is 4.79 Å². The number of nitrogens with zero attached hydrogens (tertiary/aromatic N) is 1. The Hall–Kier alpha value is -2.60. The topological polar surface area (TPSA) is 52.9 Å². The minimum Gasteiger partial charge on any atom is -0.346 e. The second-order valence-corrected chi connectivity index (χ2v) is 5.71. The van der Waals surface area contributed by atoms with E-state index in [0.717, 1.165) is 5.56 Å². The molecule has 1 N–H and O–H groups in total. The number of amides is 1. The fourth-order valence-electron chi connectivity index (χ4n) is 2.23. The Balaban J connectivity index is 2.05. The Bertz CT molecular complexity index is 679. The monoisotopic (exact) mass is 292 g/mol. The Morgan fingerprint density at radius 3 is 2.00 bits per heavy atom. The second-order valence-electron chi connectivity index (χ2n) is 5.71. The van der Waals surface area contributed by atoms with Crippen molar-refractivity contribution in [3.8, 4) is 6.07 Å². The quantitative estimate of drug-likeness (QED) is 0.919. The molecule has 0 saturated carbocycles. The Morgan fingerprint density at radius 2 is 1.50 bits per heavy atom. The zero-order valence-electron chi connectivity index (χ0n) is 13.1. The molecule has 0 bridgehead atoms. The summed E-state index contributed by atoms with van der Waals surface area (Å²) < 4.78 is 0. The summed E-state index contributed by atoms with van der Waals surface area (Å²) in [5.74, 6) is 0.363. The van der Waals surface area contributed by atoms with Crippen molar-refractivity contribution in [1.29, 1.82) is 5.26 Å². The number of hydrogen-bond acceptors (Lipinski definition) is 2. The van der Waals surface area contributed by atoms with Gasteiger partial charge in [0, 0.05) is 5.56 Å². The predicted molar refractivity (Wildman–Crippen MR) is 87.6 cm³/mol. The van der Waals surface area contributed by atoms with E-state index in [4.69, 9.17) is 5.26 Å². The number of nitriles is 1. The molecule has 1 unspecified atom stereocenters. The molecule has 0 aliphatic carbocycles. The minimum absolute atomic E-state index is 0.0654. The molecule has 0 spiro atoms. The Morgan fingerprint density at radius 1 is 0.955 bits per heavy atom. The number of carbonyl (C=O) groups excluding carboxylic acids is 1. The minimum atomic E-state index is -0.134. The number of carbonyl (C=O) groups is 1. The van der Waals surface area contributed by atoms with Crippen molar-refractivity contribution in [2.45, 2.75) is 32.7 Å². The van der Waals surface area contributed by atoms with E-state index >= 15 is 0 Å². The molecule has 22 heavy (non-hydrogen) atoms. The molecule has 2 rings (SSSR count). The third kappa shape index (κ3) is 3.73. The van der Waals surface area contributed by atoms with Crippen LogP contribution in [0.4, 0.5) is 0 Å². The first kappa shape index (κ1) is 15.8. The van der Waals surface area contributed by atoms with E-state index in [0.29, 0.717) is 17.0 Å². The van der Waals surface area contributed by atoms with Crippen LogP contribution >= 0.6 is 0 Å². The molecule has 0 fully saturated rings. The summed E-state index contributed by atoms with van der Waals surface area (Å²) in [6.07, 6.45) is 0. The first-order valence-corrected chi connectivity index (χ1v) is 7.42. The zero-order chi connectivity index (χ0) is 16.1. The SMILES string of the molecule is CC(C)c1ccc(C(C)NC(=O)c2ccc(C#N)cc2)cc1. The summed E-state index contributed by atoms with van der Waals surface area (Å²) >= 11 is 0. The average molecular weight is 292 g/mol. The van der Waals surface area contributed by atoms with Crippen molar-refractivity contribution in [2.75, 3.05) is 0 Å². The maximum absolute atomic E-state index is 12.2. The summed E-state index contributed by atoms with van der Waals surface area (Å²) in [5, 5.41) is 11.7. The highest BCUT2D eigenvalue weighted by Crippen LogP contribution is 2.19. The molecule has 1 atom stereocenters. The summed E-state index contributed by atoms with van der Waals surface area (Å²) in [5.41, 5.74) is 3.47. The van der Waals surface area contributed by atoms with Gasteiger partial charge in [-0.2, -0.15) is 5.26 Å². The number of nitrogens with one attached hydrogen (secondary N) is 1. The van der Waals surface area contributed by atoms with Gasteiger partial charge in [-0.25, -0.2) is 0 Å². The van der Waals surface area contributed by atoms with Gasteiger partial charge in [-0.3, -0.25) is 4.79 Å². The maximum Gasteiger partial charge on any atom is 0.251 e. The molecule has 0 aliphatic heterocycles. The molecule has 3 heteroatoms. The van der Waals surface area contributed by atoms with Gasteiger partial charge in [-0.1, -0.05) is 38.1 Å². The van der Waals surface area contributed by atoms with Gasteiger partial charge in [0.1, 0.15) is 0 Å². The van der Waals surface area contributed by atoms with Gasteiger partial charge >= 0.3 is 0 Å². The van der Waals surface area contributed by atoms with Crippen LogP contribution in [0.2, 0.25) is 0 Å². The molecular weight excluding hydrogens is 272 g/mol. The second kappa shape index (κ2) is 6.91. The molecule has 0 radical (unpaired) electrons. The normalized spacial score (nSPS) is 11.8. The molecule has 112 valence electrons. The van der Waals surface area contributed by atoms with Gasteiger partial charge in [-0.05, 0) is 48.2 Å². The zero-order valence-corrected chi connectivity index (χ0v) is 13.1. The van der Waals surface area contributed by atoms with Crippen LogP contribution in [0.1, 0.15) is 59.8 Å². The first-order chi connectivity index (χ1) is 10.5. The molecule has 0 aromatic heterocycles. The van der Waals surface area contributed by atoms with Crippen molar-refractivity contribution in [3.63, 3.8) is 0 Å². The van der Waals surface area contributed by atoms with E-state index in [1.165, 1.54) is 5.56 Å². The third-order valence-electron chi connectivity index (χ3n) is 3.73. The van der Waals surface area contributed by atoms with Crippen LogP contribution in [0.15, 0.2) is 48.5 Å². The lowest BCUT2D eigenvalue weighted by molar-refractivity contribution is 0.0940. The van der Waals surface area contributed by atoms with Crippen molar-refractivity contribution in [1.82, 2.24) is 5.32 Å². The van der Waals surface area contributed by atoms with E-state index in [1.54, 1.807) is 24.3 Å². The lowest BCUT2D eigenvalue weighted by Gasteiger charge is -2.15. The summed E-state index contributed by atoms with van der Waals surface area (Å²) in [4.78, 5) is 12.2. The van der Waals surface area contributed by atoms with E-state index in [9.17, 15) is 4.79 Å². The third-order valence-corrected chi connectivity index (χ3v) is 3.73. The summed E-state index contributed by atoms with van der Waals surface area (Å²) in [6, 6.07) is 16.9. The van der Waals surface area contributed by atoms with Gasteiger partial charge in [0.2, 0.25) is 0 Å². The van der Waals surface area contributed by atoms with Crippen LogP contribution in [0, 0.1) is 11.3 Å². The molecule has 0 saturated heterocycles. The maximum atomic E-state index is 12.2. The highest BCUT2D eigenvalue weighted by molar-refractivity contribution is 5.94. The first-order valence-electron chi connectivity index (χ1n) is 7.42. The standard InChI is InChI=1S/C19H20N2O/c1-13(2)16-8-10-17(11-9-16)14(3)21-19(22)18-6-4-15(12-20)5-7-18/h4-11,13-14H,1-3H3,(H,21,22). The van der Waals surface area contributed by atoms with Crippen LogP contribution < -0.4 is 5.32 Å². The summed E-state index contributed by atoms with van der Waals surface area (Å²) in [6.45, 7) is 6.28. The van der Waals surface area contributed by atoms with Crippen LogP contribution in [-0.4, -0.2) is 5.91 Å². The molecule has 0 aliphatic rings. The van der Waals surface area contributed by atoms with Crippen LogP contribution in [0.3, 0.4) is 0 Å². The van der Waals surface area contributed by atoms with Crippen molar-refractivity contribution in [3.05, 3.63) is 70.8 Å². The van der Waals surface area contributed by atoms with Crippen molar-refractivity contribution in [2.24, 2.45) is 0 Å². The van der Waals surface area contributed by atoms with Gasteiger partial charge in [0.05, 0.1) is 17.7 Å². The van der Waals surface area contributed by atoms with Crippen LogP contribution in [0.5, 0.6) is 0 Å². The number of rotatable bonds is 4. The highest BCUT2D eigenvalue weighted by Gasteiger charge is 2.11. The molecular formula is C19H20N2O. The lowest BCUT2D eigenvalue weighted by atomic mass is 9.99. The smallest absolute Gasteiger partial charge is 0.251 e. The van der Waals surface area contributed by atoms with Gasteiger partial charge in [0.25, 0.3) is 5.91 Å². The van der Waals surface area contributed by atoms with E-state index in [2.05, 4.69) is 43.4 Å². The average Bonchev–Trinajstić information content (AvgIpc) is 2.54. The summed E-state index contributed by atoms with van der Waals surface area (Å²) in [7, 11) is 0. The highest BCUT2D eigenvalue weighted by atomic mass is 16.1. The van der Waals surface area contributed by atoms with Gasteiger partial charge < -0.3 is 5.32 Å². The molecule has 2 aromatic carbocycles. The predicted octanol–water partition coefficient (Wildman–Crippen LogP) is 4.17. The largest absolute Gasteiger partial charge is 0.346 e. The molecule has 3 nitrogen and oxygen atoms in total. The van der Waals surface area contributed by atoms with Crippen molar-refractivity contribution >= 4 is 5.91 Å². The van der Waals surface area contributed by atoms with E-state index in [-0.39, 0.29) is 11.9 Å². The van der Waals surface area contributed by atoms with Crippen LogP contribution in [-0.2, 0) is 0 Å². The molecule has 2 aromatic rings. The Kier molecular flexibility index (Phi) is 4.95. The lowest BCUT2D eigenvalue weighted by Crippen LogP contribution is -2.26. The van der Waals surface area contributed by atoms with Gasteiger partial charge in [0.15, 0.2) is 0 Å². The van der Waals surface area contributed by atoms with Crippen LogP contribution in [0.25, 0.3) is 0 Å². The number of hydrogen-bond donors (Lipinski definition) is 1. The fraction of sp³-hybridized carbons (Fsp3) is 0.263. The Labute approximate surface area is 131 Å². The van der Waals surface area contributed by atoms with E-state index < -0.39 is 0 Å². The molecule has 1 amide bonds.